The van der Waals surface area contributed by atoms with E-state index in [1.807, 2.05) is 6.92 Å². The fourth-order valence-corrected chi connectivity index (χ4v) is 1.76. The van der Waals surface area contributed by atoms with Crippen molar-refractivity contribution in [2.75, 3.05) is 13.7 Å². The monoisotopic (exact) mass is 229 g/mol. The zero-order chi connectivity index (χ0) is 12.2. The minimum Gasteiger partial charge on any atom is -0.494 e. The summed E-state index contributed by atoms with van der Waals surface area (Å²) in [7, 11) is 1.35. The summed E-state index contributed by atoms with van der Waals surface area (Å²) >= 11 is 0. The molecular weight excluding hydrogens is 212 g/mol. The van der Waals surface area contributed by atoms with Crippen LogP contribution in [0.4, 0.5) is 8.78 Å². The molecule has 1 atom stereocenters. The molecule has 0 aliphatic heterocycles. The molecule has 1 aromatic rings. The summed E-state index contributed by atoms with van der Waals surface area (Å²) in [5.74, 6) is -0.615. The fourth-order valence-electron chi connectivity index (χ4n) is 1.76. The van der Waals surface area contributed by atoms with Gasteiger partial charge in [0.1, 0.15) is 0 Å². The van der Waals surface area contributed by atoms with Crippen LogP contribution in [0.2, 0.25) is 0 Å². The molecule has 0 heterocycles. The third-order valence-electron chi connectivity index (χ3n) is 2.64. The molecule has 0 aromatic heterocycles. The van der Waals surface area contributed by atoms with Gasteiger partial charge in [-0.3, -0.25) is 0 Å². The lowest BCUT2D eigenvalue weighted by molar-refractivity contribution is 0.152. The van der Waals surface area contributed by atoms with Gasteiger partial charge in [0.2, 0.25) is 0 Å². The highest BCUT2D eigenvalue weighted by atomic mass is 19.1. The zero-order valence-corrected chi connectivity index (χ0v) is 9.59. The molecule has 0 saturated heterocycles. The van der Waals surface area contributed by atoms with E-state index in [9.17, 15) is 8.78 Å². The summed E-state index contributed by atoms with van der Waals surface area (Å²) in [4.78, 5) is 0. The van der Waals surface area contributed by atoms with Crippen LogP contribution in [0.15, 0.2) is 18.2 Å². The molecule has 0 spiro atoms. The summed E-state index contributed by atoms with van der Waals surface area (Å²) in [5.41, 5.74) is 3.57. The largest absolute Gasteiger partial charge is 0.494 e. The molecule has 0 amide bonds. The maximum Gasteiger partial charge on any atom is 0.171 e. The molecule has 1 unspecified atom stereocenters. The fraction of sp³-hybridized carbons (Fsp3) is 0.500. The van der Waals surface area contributed by atoms with Gasteiger partial charge in [-0.15, -0.1) is 0 Å². The van der Waals surface area contributed by atoms with Crippen LogP contribution in [-0.2, 0) is 5.67 Å². The van der Waals surface area contributed by atoms with E-state index < -0.39 is 11.5 Å². The van der Waals surface area contributed by atoms with Gasteiger partial charge in [-0.05, 0) is 12.5 Å². The molecular formula is C12H17F2NO. The average Bonchev–Trinajstić information content (AvgIpc) is 2.29. The molecule has 0 saturated carbocycles. The van der Waals surface area contributed by atoms with Crippen LogP contribution in [-0.4, -0.2) is 13.7 Å². The van der Waals surface area contributed by atoms with Crippen molar-refractivity contribution in [2.24, 2.45) is 5.73 Å². The Morgan fingerprint density at radius 3 is 2.62 bits per heavy atom. The van der Waals surface area contributed by atoms with Crippen molar-refractivity contribution in [1.82, 2.24) is 0 Å². The first kappa shape index (κ1) is 12.9. The number of nitrogens with two attached hydrogens (primary N) is 1. The van der Waals surface area contributed by atoms with E-state index in [0.29, 0.717) is 6.42 Å². The summed E-state index contributed by atoms with van der Waals surface area (Å²) in [6.45, 7) is 1.60. The quantitative estimate of drug-likeness (QED) is 0.842. The number of alkyl halides is 1. The molecule has 2 nitrogen and oxygen atoms in total. The van der Waals surface area contributed by atoms with Crippen molar-refractivity contribution in [3.63, 3.8) is 0 Å². The molecule has 2 N–H and O–H groups in total. The van der Waals surface area contributed by atoms with Crippen molar-refractivity contribution >= 4 is 0 Å². The lowest BCUT2D eigenvalue weighted by atomic mass is 9.90. The number of hydrogen-bond acceptors (Lipinski definition) is 2. The normalized spacial score (nSPS) is 14.6. The number of benzene rings is 1. The van der Waals surface area contributed by atoms with Crippen molar-refractivity contribution in [3.8, 4) is 5.75 Å². The number of halogens is 2. The Hall–Kier alpha value is -1.16. The standard InChI is InChI=1S/C12H17F2NO/c1-3-7-12(14,8-15)9-5-4-6-10(16-2)11(9)13/h4-6H,3,7-8,15H2,1-2H3. The third-order valence-corrected chi connectivity index (χ3v) is 2.64. The molecule has 4 heteroatoms. The Balaban J connectivity index is 3.19. The zero-order valence-electron chi connectivity index (χ0n) is 9.59. The number of hydrogen-bond donors (Lipinski definition) is 1. The predicted molar refractivity (Wildman–Crippen MR) is 59.7 cm³/mol. The van der Waals surface area contributed by atoms with Gasteiger partial charge in [0.05, 0.1) is 7.11 Å². The second-order valence-corrected chi connectivity index (χ2v) is 3.74. The Kier molecular flexibility index (Phi) is 4.24. The molecule has 90 valence electrons. The van der Waals surface area contributed by atoms with Crippen molar-refractivity contribution in [2.45, 2.75) is 25.4 Å². The Labute approximate surface area is 94.4 Å². The van der Waals surface area contributed by atoms with E-state index in [2.05, 4.69) is 0 Å². The molecule has 16 heavy (non-hydrogen) atoms. The molecule has 1 rings (SSSR count). The van der Waals surface area contributed by atoms with E-state index >= 15 is 0 Å². The van der Waals surface area contributed by atoms with Crippen molar-refractivity contribution in [1.29, 1.82) is 0 Å². The van der Waals surface area contributed by atoms with Gasteiger partial charge < -0.3 is 10.5 Å². The van der Waals surface area contributed by atoms with E-state index in [-0.39, 0.29) is 24.3 Å². The highest BCUT2D eigenvalue weighted by molar-refractivity contribution is 5.35. The van der Waals surface area contributed by atoms with Gasteiger partial charge in [0, 0.05) is 12.1 Å². The molecule has 0 fully saturated rings. The van der Waals surface area contributed by atoms with Gasteiger partial charge in [0.15, 0.2) is 17.2 Å². The summed E-state index contributed by atoms with van der Waals surface area (Å²) in [6, 6.07) is 4.44. The van der Waals surface area contributed by atoms with Gasteiger partial charge in [-0.25, -0.2) is 8.78 Å². The van der Waals surface area contributed by atoms with Crippen molar-refractivity contribution < 1.29 is 13.5 Å². The number of ether oxygens (including phenoxy) is 1. The summed E-state index contributed by atoms with van der Waals surface area (Å²) < 4.78 is 33.1. The average molecular weight is 229 g/mol. The first-order valence-electron chi connectivity index (χ1n) is 5.31. The van der Waals surface area contributed by atoms with Gasteiger partial charge in [0.25, 0.3) is 0 Å². The molecule has 0 radical (unpaired) electrons. The second-order valence-electron chi connectivity index (χ2n) is 3.74. The topological polar surface area (TPSA) is 35.2 Å². The molecule has 0 bridgehead atoms. The van der Waals surface area contributed by atoms with Crippen LogP contribution < -0.4 is 10.5 Å². The van der Waals surface area contributed by atoms with Gasteiger partial charge in [-0.1, -0.05) is 25.5 Å². The van der Waals surface area contributed by atoms with Crippen LogP contribution in [0, 0.1) is 5.82 Å². The number of methoxy groups -OCH3 is 1. The highest BCUT2D eigenvalue weighted by Crippen LogP contribution is 2.35. The van der Waals surface area contributed by atoms with E-state index in [1.165, 1.54) is 19.2 Å². The van der Waals surface area contributed by atoms with Crippen LogP contribution in [0.3, 0.4) is 0 Å². The summed E-state index contributed by atoms with van der Waals surface area (Å²) in [5, 5.41) is 0. The first-order valence-corrected chi connectivity index (χ1v) is 5.31. The van der Waals surface area contributed by atoms with E-state index in [0.717, 1.165) is 0 Å². The van der Waals surface area contributed by atoms with E-state index in [4.69, 9.17) is 10.5 Å². The minimum atomic E-state index is -1.81. The Bertz CT molecular complexity index is 357. The molecule has 1 aromatic carbocycles. The maximum absolute atomic E-state index is 14.4. The molecule has 0 aliphatic carbocycles. The highest BCUT2D eigenvalue weighted by Gasteiger charge is 2.33. The first-order chi connectivity index (χ1) is 7.59. The smallest absolute Gasteiger partial charge is 0.171 e. The lowest BCUT2D eigenvalue weighted by Crippen LogP contribution is -2.31. The minimum absolute atomic E-state index is 0.0174. The number of rotatable bonds is 5. The maximum atomic E-state index is 14.4. The van der Waals surface area contributed by atoms with Crippen molar-refractivity contribution in [3.05, 3.63) is 29.6 Å². The third kappa shape index (κ3) is 2.32. The van der Waals surface area contributed by atoms with Crippen LogP contribution >= 0.6 is 0 Å². The Morgan fingerprint density at radius 1 is 1.44 bits per heavy atom. The SMILES string of the molecule is CCCC(F)(CN)c1cccc(OC)c1F. The lowest BCUT2D eigenvalue weighted by Gasteiger charge is -2.24. The Morgan fingerprint density at radius 2 is 2.12 bits per heavy atom. The van der Waals surface area contributed by atoms with Crippen LogP contribution in [0.5, 0.6) is 5.75 Å². The summed E-state index contributed by atoms with van der Waals surface area (Å²) in [6.07, 6.45) is 0.804. The van der Waals surface area contributed by atoms with Gasteiger partial charge in [-0.2, -0.15) is 0 Å². The second kappa shape index (κ2) is 5.25. The van der Waals surface area contributed by atoms with Crippen LogP contribution in [0.1, 0.15) is 25.3 Å². The van der Waals surface area contributed by atoms with Gasteiger partial charge >= 0.3 is 0 Å². The van der Waals surface area contributed by atoms with Crippen LogP contribution in [0.25, 0.3) is 0 Å². The molecule has 0 aliphatic rings. The predicted octanol–water partition coefficient (Wildman–Crippen LogP) is 2.76. The van der Waals surface area contributed by atoms with E-state index in [1.54, 1.807) is 6.07 Å².